The van der Waals surface area contributed by atoms with Crippen LogP contribution < -0.4 is 10.1 Å². The topological polar surface area (TPSA) is 129 Å². The molecule has 9 nitrogen and oxygen atoms in total. The van der Waals surface area contributed by atoms with Gasteiger partial charge in [0.1, 0.15) is 35.7 Å². The van der Waals surface area contributed by atoms with Crippen LogP contribution in [-0.4, -0.2) is 72.6 Å². The minimum Gasteiger partial charge on any atom is -0.491 e. The van der Waals surface area contributed by atoms with Gasteiger partial charge in [-0.3, -0.25) is 9.79 Å². The molecule has 2 aliphatic heterocycles. The first-order chi connectivity index (χ1) is 19.1. The number of alkyl halides is 3. The highest BCUT2D eigenvalue weighted by atomic mass is 32.2. The molecule has 4 rings (SSSR count). The number of aryl methyl sites for hydroxylation is 2. The number of aliphatic hydroxyl groups excluding tert-OH is 2. The number of carbonyl (C=O) groups is 1. The van der Waals surface area contributed by atoms with Gasteiger partial charge in [-0.25, -0.2) is 12.8 Å². The predicted octanol–water partition coefficient (Wildman–Crippen LogP) is 2.91. The van der Waals surface area contributed by atoms with E-state index in [9.17, 15) is 35.9 Å². The summed E-state index contributed by atoms with van der Waals surface area (Å²) in [6.07, 6.45) is -4.48. The summed E-state index contributed by atoms with van der Waals surface area (Å²) in [5.74, 6) is -1.67. The van der Waals surface area contributed by atoms with Crippen molar-refractivity contribution in [2.45, 2.75) is 44.5 Å². The van der Waals surface area contributed by atoms with Crippen molar-refractivity contribution >= 4 is 27.8 Å². The SMILES string of the molecule is Cc1cc(OC[C@@H](O)CO)cc(C)c1C=CS(=O)(=O)N1CCC2(CC1)N=C(c1ccc(F)c(C(F)(F)F)c1)NC2=O. The van der Waals surface area contributed by atoms with E-state index in [1.54, 1.807) is 26.0 Å². The number of aliphatic imine (C=N–C) groups is 1. The highest BCUT2D eigenvalue weighted by Gasteiger charge is 2.47. The standard InChI is InChI=1S/C27H29F4N3O6S/c1-16-11-20(40-15-19(36)14-35)12-17(2)21(16)5-10-41(38,39)34-8-6-26(7-9-34)25(37)32-24(33-26)18-3-4-23(28)22(13-18)27(29,30)31/h3-5,10-13,19,35-36H,6-9,14-15H2,1-2H3,(H,32,33,37)/t19-/m0/s1. The lowest BCUT2D eigenvalue weighted by Gasteiger charge is -2.34. The minimum atomic E-state index is -4.93. The first-order valence-electron chi connectivity index (χ1n) is 12.6. The van der Waals surface area contributed by atoms with Crippen LogP contribution in [-0.2, 0) is 21.0 Å². The van der Waals surface area contributed by atoms with E-state index >= 15 is 0 Å². The number of benzene rings is 2. The van der Waals surface area contributed by atoms with E-state index < -0.39 is 51.7 Å². The maximum atomic E-state index is 13.7. The van der Waals surface area contributed by atoms with E-state index in [0.29, 0.717) is 23.4 Å². The fourth-order valence-corrected chi connectivity index (χ4v) is 5.93. The summed E-state index contributed by atoms with van der Waals surface area (Å²) in [5.41, 5.74) is -0.825. The van der Waals surface area contributed by atoms with Crippen LogP contribution in [0.5, 0.6) is 5.75 Å². The number of aliphatic hydroxyl groups is 2. The maximum absolute atomic E-state index is 13.7. The van der Waals surface area contributed by atoms with E-state index in [0.717, 1.165) is 22.6 Å². The average Bonchev–Trinajstić information content (AvgIpc) is 3.21. The highest BCUT2D eigenvalue weighted by Crippen LogP contribution is 2.35. The Balaban J connectivity index is 1.46. The largest absolute Gasteiger partial charge is 0.491 e. The van der Waals surface area contributed by atoms with E-state index in [4.69, 9.17) is 9.84 Å². The second-order valence-electron chi connectivity index (χ2n) is 10.0. The number of halogens is 4. The van der Waals surface area contributed by atoms with E-state index in [-0.39, 0.29) is 43.9 Å². The molecule has 1 spiro atoms. The van der Waals surface area contributed by atoms with Crippen LogP contribution in [0.3, 0.4) is 0 Å². The molecule has 0 aromatic heterocycles. The van der Waals surface area contributed by atoms with Crippen molar-refractivity contribution in [3.63, 3.8) is 0 Å². The molecule has 3 N–H and O–H groups in total. The number of ether oxygens (including phenoxy) is 1. The predicted molar refractivity (Wildman–Crippen MR) is 142 cm³/mol. The fourth-order valence-electron chi connectivity index (χ4n) is 4.76. The summed E-state index contributed by atoms with van der Waals surface area (Å²) >= 11 is 0. The monoisotopic (exact) mass is 599 g/mol. The van der Waals surface area contributed by atoms with Gasteiger partial charge in [-0.15, -0.1) is 0 Å². The molecule has 2 aromatic carbocycles. The van der Waals surface area contributed by atoms with Gasteiger partial charge in [-0.1, -0.05) is 0 Å². The summed E-state index contributed by atoms with van der Waals surface area (Å²) in [7, 11) is -3.89. The molecular weight excluding hydrogens is 570 g/mol. The van der Waals surface area contributed by atoms with Crippen LogP contribution in [0.15, 0.2) is 40.7 Å². The van der Waals surface area contributed by atoms with Crippen molar-refractivity contribution in [1.82, 2.24) is 9.62 Å². The molecule has 0 saturated carbocycles. The number of amides is 1. The van der Waals surface area contributed by atoms with Gasteiger partial charge < -0.3 is 20.3 Å². The molecule has 2 aliphatic rings. The van der Waals surface area contributed by atoms with E-state index in [1.807, 2.05) is 0 Å². The summed E-state index contributed by atoms with van der Waals surface area (Å²) in [6.45, 7) is 2.90. The molecule has 14 heteroatoms. The summed E-state index contributed by atoms with van der Waals surface area (Å²) in [5, 5.41) is 21.9. The Morgan fingerprint density at radius 2 is 1.80 bits per heavy atom. The zero-order valence-electron chi connectivity index (χ0n) is 22.2. The van der Waals surface area contributed by atoms with Crippen LogP contribution in [0.25, 0.3) is 6.08 Å². The Morgan fingerprint density at radius 3 is 2.39 bits per heavy atom. The van der Waals surface area contributed by atoms with Crippen LogP contribution in [0.4, 0.5) is 17.6 Å². The molecule has 2 aromatic rings. The first kappa shape index (κ1) is 30.6. The van der Waals surface area contributed by atoms with Gasteiger partial charge in [0.25, 0.3) is 5.91 Å². The fraction of sp³-hybridized carbons (Fsp3) is 0.407. The number of sulfonamides is 1. The summed E-state index contributed by atoms with van der Waals surface area (Å²) in [6, 6.07) is 5.69. The smallest absolute Gasteiger partial charge is 0.419 e. The van der Waals surface area contributed by atoms with Crippen LogP contribution >= 0.6 is 0 Å². The van der Waals surface area contributed by atoms with Gasteiger partial charge in [0, 0.05) is 24.1 Å². The number of piperidine rings is 1. The van der Waals surface area contributed by atoms with Crippen LogP contribution in [0, 0.1) is 19.7 Å². The van der Waals surface area contributed by atoms with Crippen molar-refractivity contribution in [3.8, 4) is 5.75 Å². The number of amidine groups is 1. The van der Waals surface area contributed by atoms with Gasteiger partial charge in [-0.2, -0.15) is 17.5 Å². The number of rotatable bonds is 8. The van der Waals surface area contributed by atoms with E-state index in [2.05, 4.69) is 10.3 Å². The first-order valence-corrected chi connectivity index (χ1v) is 14.2. The zero-order valence-corrected chi connectivity index (χ0v) is 23.0. The number of nitrogens with zero attached hydrogens (tertiary/aromatic N) is 2. The van der Waals surface area contributed by atoms with Crippen molar-refractivity contribution < 1.29 is 45.7 Å². The van der Waals surface area contributed by atoms with Gasteiger partial charge >= 0.3 is 6.18 Å². The molecule has 0 aliphatic carbocycles. The molecule has 41 heavy (non-hydrogen) atoms. The second-order valence-corrected chi connectivity index (χ2v) is 11.8. The van der Waals surface area contributed by atoms with Crippen molar-refractivity contribution in [1.29, 1.82) is 0 Å². The van der Waals surface area contributed by atoms with Gasteiger partial charge in [-0.05, 0) is 79.8 Å². The van der Waals surface area contributed by atoms with Gasteiger partial charge in [0.05, 0.1) is 12.2 Å². The third-order valence-corrected chi connectivity index (χ3v) is 8.63. The molecule has 2 heterocycles. The molecule has 1 atom stereocenters. The molecule has 0 radical (unpaired) electrons. The summed E-state index contributed by atoms with van der Waals surface area (Å²) < 4.78 is 85.9. The Morgan fingerprint density at radius 1 is 1.17 bits per heavy atom. The molecule has 222 valence electrons. The quantitative estimate of drug-likeness (QED) is 0.401. The Labute approximate surface area is 234 Å². The maximum Gasteiger partial charge on any atom is 0.419 e. The van der Waals surface area contributed by atoms with Crippen molar-refractivity contribution in [3.05, 3.63) is 69.4 Å². The lowest BCUT2D eigenvalue weighted by molar-refractivity contribution is -0.140. The molecule has 1 fully saturated rings. The molecule has 1 amide bonds. The average molecular weight is 600 g/mol. The van der Waals surface area contributed by atoms with E-state index in [1.165, 1.54) is 10.4 Å². The zero-order chi connectivity index (χ0) is 30.2. The summed E-state index contributed by atoms with van der Waals surface area (Å²) in [4.78, 5) is 17.2. The Hall–Kier alpha value is -3.33. The normalized spacial score (nSPS) is 18.5. The van der Waals surface area contributed by atoms with Crippen LogP contribution in [0.2, 0.25) is 0 Å². The number of carbonyl (C=O) groups excluding carboxylic acids is 1. The van der Waals surface area contributed by atoms with Gasteiger partial charge in [0.15, 0.2) is 0 Å². The number of hydrogen-bond acceptors (Lipinski definition) is 7. The molecule has 1 saturated heterocycles. The second kappa shape index (κ2) is 11.5. The lowest BCUT2D eigenvalue weighted by atomic mass is 9.89. The Bertz CT molecular complexity index is 1480. The van der Waals surface area contributed by atoms with Crippen molar-refractivity contribution in [2.75, 3.05) is 26.3 Å². The molecule has 0 unspecified atom stereocenters. The Kier molecular flexibility index (Phi) is 8.60. The highest BCUT2D eigenvalue weighted by molar-refractivity contribution is 7.92. The number of nitrogens with one attached hydrogen (secondary N) is 1. The third-order valence-electron chi connectivity index (χ3n) is 7.06. The molecular formula is C27H29F4N3O6S. The minimum absolute atomic E-state index is 0.00646. The third kappa shape index (κ3) is 6.61. The molecule has 0 bridgehead atoms. The lowest BCUT2D eigenvalue weighted by Crippen LogP contribution is -2.50. The van der Waals surface area contributed by atoms with Crippen LogP contribution in [0.1, 0.15) is 40.7 Å². The van der Waals surface area contributed by atoms with Gasteiger partial charge in [0.2, 0.25) is 10.0 Å². The van der Waals surface area contributed by atoms with Crippen molar-refractivity contribution in [2.24, 2.45) is 4.99 Å². The number of hydrogen-bond donors (Lipinski definition) is 3.